The zero-order chi connectivity index (χ0) is 45.2. The zero-order valence-corrected chi connectivity index (χ0v) is 37.6. The van der Waals surface area contributed by atoms with E-state index in [4.69, 9.17) is 24.1 Å². The average molecular weight is 872 g/mol. The molecule has 0 heterocycles. The Morgan fingerprint density at radius 3 is 1.54 bits per heavy atom. The maximum atomic E-state index is 12.4. The number of hydrogen-bond donors (Lipinski definition) is 5. The van der Waals surface area contributed by atoms with Gasteiger partial charge >= 0.3 is 11.9 Å². The van der Waals surface area contributed by atoms with E-state index in [-0.39, 0.29) is 107 Å². The predicted molar refractivity (Wildman–Crippen MR) is 232 cm³/mol. The summed E-state index contributed by atoms with van der Waals surface area (Å²) in [7, 11) is 1.76. The molecule has 0 radical (unpaired) electrons. The van der Waals surface area contributed by atoms with Crippen molar-refractivity contribution in [2.75, 3.05) is 73.0 Å². The van der Waals surface area contributed by atoms with Crippen LogP contribution in [-0.2, 0) is 52.5 Å². The number of rotatable bonds is 47. The van der Waals surface area contributed by atoms with Gasteiger partial charge in [0.15, 0.2) is 5.78 Å². The van der Waals surface area contributed by atoms with Crippen molar-refractivity contribution in [1.82, 2.24) is 16.0 Å². The fourth-order valence-electron chi connectivity index (χ4n) is 6.60. The van der Waals surface area contributed by atoms with Gasteiger partial charge in [-0.15, -0.1) is 0 Å². The van der Waals surface area contributed by atoms with Gasteiger partial charge in [0.05, 0.1) is 45.0 Å². The van der Waals surface area contributed by atoms with Crippen LogP contribution in [0.3, 0.4) is 0 Å². The lowest BCUT2D eigenvalue weighted by molar-refractivity contribution is -0.144. The highest BCUT2D eigenvalue weighted by Gasteiger charge is 2.22. The molecule has 0 aliphatic carbocycles. The van der Waals surface area contributed by atoms with Crippen molar-refractivity contribution in [3.8, 4) is 0 Å². The molecule has 0 aromatic heterocycles. The summed E-state index contributed by atoms with van der Waals surface area (Å²) in [6.45, 7) is 3.87. The van der Waals surface area contributed by atoms with Crippen molar-refractivity contribution in [2.45, 2.75) is 167 Å². The monoisotopic (exact) mass is 872 g/mol. The maximum Gasteiger partial charge on any atom is 0.306 e. The Bertz CT molecular complexity index is 1190. The Kier molecular flexibility index (Phi) is 39.7. The first kappa shape index (κ1) is 57.7. The smallest absolute Gasteiger partial charge is 0.306 e. The molecule has 2 atom stereocenters. The molecule has 0 saturated heterocycles. The molecule has 0 saturated carbocycles. The number of carboxylic acids is 2. The minimum atomic E-state index is -1.07. The first-order valence-electron chi connectivity index (χ1n) is 23.0. The molecule has 354 valence electrons. The highest BCUT2D eigenvalue weighted by atomic mass is 16.5. The fraction of sp³-hybridized carbons (Fsp3) is 0.844. The van der Waals surface area contributed by atoms with Crippen molar-refractivity contribution in [2.24, 2.45) is 5.92 Å². The number of ketones is 3. The SMILES string of the molecule is CN[C@@H](CCCCNC(=O)COCCOCCCC(=O)COCCOCCNC(=O)CC[C@H](CC(=O)CCCCCCCCCCCCCCCCC(=O)O)C(=O)O)C(C)=O. The number of carbonyl (C=O) groups excluding carboxylic acids is 5. The van der Waals surface area contributed by atoms with Gasteiger partial charge in [-0.25, -0.2) is 0 Å². The number of amides is 2. The highest BCUT2D eigenvalue weighted by molar-refractivity contribution is 5.84. The lowest BCUT2D eigenvalue weighted by Crippen LogP contribution is -2.32. The Labute approximate surface area is 365 Å². The van der Waals surface area contributed by atoms with Gasteiger partial charge in [0.25, 0.3) is 0 Å². The zero-order valence-electron chi connectivity index (χ0n) is 37.6. The minimum absolute atomic E-state index is 0.00584. The molecule has 2 amide bonds. The largest absolute Gasteiger partial charge is 0.481 e. The van der Waals surface area contributed by atoms with Gasteiger partial charge in [0.1, 0.15) is 24.8 Å². The van der Waals surface area contributed by atoms with E-state index >= 15 is 0 Å². The summed E-state index contributed by atoms with van der Waals surface area (Å²) in [5.41, 5.74) is 0. The van der Waals surface area contributed by atoms with Crippen LogP contribution >= 0.6 is 0 Å². The molecule has 0 spiro atoms. The van der Waals surface area contributed by atoms with Crippen LogP contribution in [0.1, 0.15) is 161 Å². The summed E-state index contributed by atoms with van der Waals surface area (Å²) in [6, 6.07) is -0.145. The van der Waals surface area contributed by atoms with Gasteiger partial charge in [-0.1, -0.05) is 77.0 Å². The summed E-state index contributed by atoms with van der Waals surface area (Å²) >= 11 is 0. The van der Waals surface area contributed by atoms with Crippen molar-refractivity contribution in [1.29, 1.82) is 0 Å². The lowest BCUT2D eigenvalue weighted by atomic mass is 9.94. The van der Waals surface area contributed by atoms with E-state index in [2.05, 4.69) is 16.0 Å². The van der Waals surface area contributed by atoms with Crippen LogP contribution in [0.5, 0.6) is 0 Å². The second kappa shape index (κ2) is 42.0. The van der Waals surface area contributed by atoms with E-state index < -0.39 is 17.9 Å². The number of unbranched alkanes of at least 4 members (excludes halogenated alkanes) is 14. The maximum absolute atomic E-state index is 12.4. The summed E-state index contributed by atoms with van der Waals surface area (Å²) < 4.78 is 21.5. The molecule has 0 aliphatic rings. The van der Waals surface area contributed by atoms with E-state index in [0.29, 0.717) is 39.0 Å². The van der Waals surface area contributed by atoms with E-state index in [1.54, 1.807) is 14.0 Å². The van der Waals surface area contributed by atoms with Crippen LogP contribution in [0.25, 0.3) is 0 Å². The van der Waals surface area contributed by atoms with Crippen LogP contribution in [-0.4, -0.2) is 130 Å². The van der Waals surface area contributed by atoms with Gasteiger partial charge < -0.3 is 45.1 Å². The lowest BCUT2D eigenvalue weighted by Gasteiger charge is -2.12. The van der Waals surface area contributed by atoms with E-state index in [1.165, 1.54) is 44.9 Å². The number of aliphatic carboxylic acids is 2. The first-order chi connectivity index (χ1) is 29.5. The Morgan fingerprint density at radius 1 is 0.475 bits per heavy atom. The first-order valence-corrected chi connectivity index (χ1v) is 23.0. The van der Waals surface area contributed by atoms with Crippen LogP contribution in [0.2, 0.25) is 0 Å². The molecule has 0 rings (SSSR count). The number of likely N-dealkylation sites (N-methyl/N-ethyl adjacent to an activating group) is 1. The molecule has 0 aliphatic heterocycles. The van der Waals surface area contributed by atoms with Gasteiger partial charge in [-0.05, 0) is 58.9 Å². The predicted octanol–water partition coefficient (Wildman–Crippen LogP) is 5.75. The Morgan fingerprint density at radius 2 is 0.984 bits per heavy atom. The molecule has 16 heteroatoms. The summed E-state index contributed by atoms with van der Waals surface area (Å²) in [6.07, 6.45) is 19.2. The number of ether oxygens (including phenoxy) is 4. The molecule has 0 fully saturated rings. The number of nitrogens with one attached hydrogen (secondary N) is 3. The average Bonchev–Trinajstić information content (AvgIpc) is 3.22. The van der Waals surface area contributed by atoms with E-state index in [1.807, 2.05) is 0 Å². The molecular formula is C45H81N3O13. The summed E-state index contributed by atoms with van der Waals surface area (Å²) in [4.78, 5) is 82.2. The summed E-state index contributed by atoms with van der Waals surface area (Å²) in [5, 5.41) is 26.7. The third kappa shape index (κ3) is 40.5. The molecular weight excluding hydrogens is 791 g/mol. The van der Waals surface area contributed by atoms with Gasteiger partial charge in [-0.2, -0.15) is 0 Å². The van der Waals surface area contributed by atoms with Crippen molar-refractivity contribution in [3.63, 3.8) is 0 Å². The minimum Gasteiger partial charge on any atom is -0.481 e. The molecule has 0 bridgehead atoms. The molecule has 0 aromatic carbocycles. The fourth-order valence-corrected chi connectivity index (χ4v) is 6.60. The second-order valence-corrected chi connectivity index (χ2v) is 15.8. The topological polar surface area (TPSA) is 233 Å². The van der Waals surface area contributed by atoms with E-state index in [0.717, 1.165) is 64.2 Å². The molecule has 0 aromatic rings. The Hall–Kier alpha value is -3.31. The molecule has 61 heavy (non-hydrogen) atoms. The molecule has 0 unspecified atom stereocenters. The standard InChI is InChI=1S/C45H81N3O13/c1-37(49)41(46-2)22-17-18-26-47-43(53)36-61-33-30-58-28-19-21-40(51)35-60-32-31-59-29-27-48-42(52)25-24-38(45(56)57)34-39(50)20-15-13-11-9-7-5-3-4-6-8-10-12-14-16-23-44(54)55/h38,41,46H,3-36H2,1-2H3,(H,47,53)(H,48,52)(H,54,55)(H,56,57)/t38-,41+/m1/s1. The second-order valence-electron chi connectivity index (χ2n) is 15.8. The van der Waals surface area contributed by atoms with Crippen molar-refractivity contribution < 1.29 is 62.7 Å². The third-order valence-corrected chi connectivity index (χ3v) is 10.3. The number of Topliss-reactive ketones (excluding diaryl/α,β-unsaturated/α-hetero) is 3. The molecule has 5 N–H and O–H groups in total. The van der Waals surface area contributed by atoms with Gasteiger partial charge in [-0.3, -0.25) is 33.6 Å². The highest BCUT2D eigenvalue weighted by Crippen LogP contribution is 2.17. The number of hydrogen-bond acceptors (Lipinski definition) is 12. The summed E-state index contributed by atoms with van der Waals surface area (Å²) in [5.74, 6) is -3.20. The van der Waals surface area contributed by atoms with Crippen LogP contribution in [0.15, 0.2) is 0 Å². The van der Waals surface area contributed by atoms with Crippen LogP contribution in [0, 0.1) is 5.92 Å². The number of carbonyl (C=O) groups is 7. The van der Waals surface area contributed by atoms with Gasteiger partial charge in [0, 0.05) is 51.8 Å². The van der Waals surface area contributed by atoms with Gasteiger partial charge in [0.2, 0.25) is 11.8 Å². The normalized spacial score (nSPS) is 12.2. The van der Waals surface area contributed by atoms with E-state index in [9.17, 15) is 38.7 Å². The third-order valence-electron chi connectivity index (χ3n) is 10.3. The Balaban J connectivity index is 3.65. The molecule has 16 nitrogen and oxygen atoms in total. The quantitative estimate of drug-likeness (QED) is 0.0459. The van der Waals surface area contributed by atoms with Crippen molar-refractivity contribution >= 4 is 41.1 Å². The van der Waals surface area contributed by atoms with Crippen LogP contribution in [0.4, 0.5) is 0 Å². The van der Waals surface area contributed by atoms with Crippen molar-refractivity contribution in [3.05, 3.63) is 0 Å². The van der Waals surface area contributed by atoms with Crippen LogP contribution < -0.4 is 16.0 Å². The number of carboxylic acid groups (broad SMARTS) is 2.